The van der Waals surface area contributed by atoms with E-state index in [9.17, 15) is 4.79 Å². The molecule has 1 aliphatic carbocycles. The number of rotatable bonds is 4. The van der Waals surface area contributed by atoms with E-state index in [1.54, 1.807) is 27.7 Å². The predicted molar refractivity (Wildman–Crippen MR) is 94.9 cm³/mol. The fourth-order valence-electron chi connectivity index (χ4n) is 3.33. The van der Waals surface area contributed by atoms with Crippen LogP contribution in [0.15, 0.2) is 9.95 Å². The molecule has 124 valence electrons. The van der Waals surface area contributed by atoms with Gasteiger partial charge in [0.1, 0.15) is 4.83 Å². The van der Waals surface area contributed by atoms with Crippen LogP contribution in [0, 0.1) is 0 Å². The van der Waals surface area contributed by atoms with Gasteiger partial charge in [0.25, 0.3) is 5.56 Å². The molecular weight excluding hydrogens is 330 g/mol. The minimum Gasteiger partial charge on any atom is -0.379 e. The van der Waals surface area contributed by atoms with Gasteiger partial charge in [0.15, 0.2) is 5.16 Å². The molecule has 1 aliphatic heterocycles. The van der Waals surface area contributed by atoms with Crippen molar-refractivity contribution in [1.82, 2.24) is 14.5 Å². The molecular formula is C16H21N3O2S2. The van der Waals surface area contributed by atoms with E-state index >= 15 is 0 Å². The first-order valence-corrected chi connectivity index (χ1v) is 9.98. The Morgan fingerprint density at radius 1 is 1.30 bits per heavy atom. The van der Waals surface area contributed by atoms with Gasteiger partial charge in [-0.2, -0.15) is 0 Å². The van der Waals surface area contributed by atoms with E-state index in [1.165, 1.54) is 16.9 Å². The number of hydrogen-bond acceptors (Lipinski definition) is 6. The van der Waals surface area contributed by atoms with E-state index in [1.807, 2.05) is 7.05 Å². The highest BCUT2D eigenvalue weighted by Gasteiger charge is 2.22. The Bertz CT molecular complexity index is 778. The molecule has 7 heteroatoms. The molecule has 0 aromatic carbocycles. The minimum absolute atomic E-state index is 0.128. The van der Waals surface area contributed by atoms with Crippen LogP contribution in [-0.4, -0.2) is 53.1 Å². The number of thioether (sulfide) groups is 1. The standard InChI is InChI=1S/C16H21N3O2S2/c1-18-15(20)13-11-3-2-4-12(11)23-14(13)17-16(18)22-10-7-19-5-8-21-9-6-19/h2-10H2,1H3. The summed E-state index contributed by atoms with van der Waals surface area (Å²) in [6, 6.07) is 0. The van der Waals surface area contributed by atoms with Gasteiger partial charge in [-0.15, -0.1) is 11.3 Å². The summed E-state index contributed by atoms with van der Waals surface area (Å²) in [5.74, 6) is 0.955. The quantitative estimate of drug-likeness (QED) is 0.622. The molecule has 4 rings (SSSR count). The Morgan fingerprint density at radius 3 is 2.96 bits per heavy atom. The van der Waals surface area contributed by atoms with Crippen molar-refractivity contribution in [1.29, 1.82) is 0 Å². The number of morpholine rings is 1. The van der Waals surface area contributed by atoms with Gasteiger partial charge in [-0.1, -0.05) is 11.8 Å². The van der Waals surface area contributed by atoms with Gasteiger partial charge in [-0.3, -0.25) is 14.3 Å². The maximum absolute atomic E-state index is 12.7. The Hall–Kier alpha value is -0.890. The van der Waals surface area contributed by atoms with Crippen molar-refractivity contribution < 1.29 is 4.74 Å². The van der Waals surface area contributed by atoms with E-state index < -0.39 is 0 Å². The lowest BCUT2D eigenvalue weighted by molar-refractivity contribution is 0.0410. The average Bonchev–Trinajstić information content (AvgIpc) is 3.13. The first-order chi connectivity index (χ1) is 11.2. The van der Waals surface area contributed by atoms with Crippen molar-refractivity contribution in [3.05, 3.63) is 20.8 Å². The molecule has 0 unspecified atom stereocenters. The van der Waals surface area contributed by atoms with E-state index in [2.05, 4.69) is 4.90 Å². The van der Waals surface area contributed by atoms with Crippen LogP contribution in [0.5, 0.6) is 0 Å². The highest BCUT2D eigenvalue weighted by molar-refractivity contribution is 7.99. The second-order valence-electron chi connectivity index (χ2n) is 6.10. The predicted octanol–water partition coefficient (Wildman–Crippen LogP) is 1.91. The first kappa shape index (κ1) is 15.6. The third kappa shape index (κ3) is 2.95. The summed E-state index contributed by atoms with van der Waals surface area (Å²) in [7, 11) is 1.85. The summed E-state index contributed by atoms with van der Waals surface area (Å²) in [4.78, 5) is 22.2. The molecule has 0 saturated carbocycles. The van der Waals surface area contributed by atoms with Crippen LogP contribution in [-0.2, 0) is 24.6 Å². The van der Waals surface area contributed by atoms with Gasteiger partial charge >= 0.3 is 0 Å². The zero-order valence-corrected chi connectivity index (χ0v) is 15.0. The second-order valence-corrected chi connectivity index (χ2v) is 8.24. The molecule has 0 N–H and O–H groups in total. The fraction of sp³-hybridized carbons (Fsp3) is 0.625. The number of aryl methyl sites for hydroxylation is 2. The normalized spacial score (nSPS) is 18.7. The molecule has 0 radical (unpaired) electrons. The molecule has 1 fully saturated rings. The Balaban J connectivity index is 1.53. The summed E-state index contributed by atoms with van der Waals surface area (Å²) < 4.78 is 7.11. The second kappa shape index (κ2) is 6.55. The molecule has 0 spiro atoms. The van der Waals surface area contributed by atoms with E-state index in [0.717, 1.165) is 66.8 Å². The van der Waals surface area contributed by atoms with Gasteiger partial charge in [0.05, 0.1) is 18.6 Å². The first-order valence-electron chi connectivity index (χ1n) is 8.18. The molecule has 2 aliphatic rings. The van der Waals surface area contributed by atoms with Crippen molar-refractivity contribution >= 4 is 33.3 Å². The van der Waals surface area contributed by atoms with Crippen LogP contribution in [0.25, 0.3) is 10.2 Å². The maximum atomic E-state index is 12.7. The molecule has 0 bridgehead atoms. The van der Waals surface area contributed by atoms with Crippen LogP contribution in [0.3, 0.4) is 0 Å². The number of ether oxygens (including phenoxy) is 1. The van der Waals surface area contributed by atoms with Gasteiger partial charge in [0, 0.05) is 37.3 Å². The molecule has 2 aromatic rings. The summed E-state index contributed by atoms with van der Waals surface area (Å²) >= 11 is 3.41. The third-order valence-electron chi connectivity index (χ3n) is 4.65. The van der Waals surface area contributed by atoms with E-state index in [0.29, 0.717) is 0 Å². The summed E-state index contributed by atoms with van der Waals surface area (Å²) in [5.41, 5.74) is 1.39. The van der Waals surface area contributed by atoms with Crippen LogP contribution < -0.4 is 5.56 Å². The van der Waals surface area contributed by atoms with Crippen molar-refractivity contribution in [2.75, 3.05) is 38.6 Å². The van der Waals surface area contributed by atoms with Crippen molar-refractivity contribution in [3.8, 4) is 0 Å². The van der Waals surface area contributed by atoms with Crippen LogP contribution in [0.1, 0.15) is 16.9 Å². The monoisotopic (exact) mass is 351 g/mol. The smallest absolute Gasteiger partial charge is 0.262 e. The summed E-state index contributed by atoms with van der Waals surface area (Å²) in [5, 5.41) is 1.72. The van der Waals surface area contributed by atoms with Crippen molar-refractivity contribution in [3.63, 3.8) is 0 Å². The van der Waals surface area contributed by atoms with Gasteiger partial charge in [-0.25, -0.2) is 4.98 Å². The largest absolute Gasteiger partial charge is 0.379 e. The number of aromatic nitrogens is 2. The lowest BCUT2D eigenvalue weighted by atomic mass is 10.2. The lowest BCUT2D eigenvalue weighted by Gasteiger charge is -2.26. The minimum atomic E-state index is 0.128. The number of nitrogens with zero attached hydrogens (tertiary/aromatic N) is 3. The topological polar surface area (TPSA) is 47.4 Å². The number of hydrogen-bond donors (Lipinski definition) is 0. The third-order valence-corrected chi connectivity index (χ3v) is 6.84. The molecule has 0 atom stereocenters. The highest BCUT2D eigenvalue weighted by atomic mass is 32.2. The zero-order chi connectivity index (χ0) is 15.8. The molecule has 5 nitrogen and oxygen atoms in total. The van der Waals surface area contributed by atoms with Gasteiger partial charge in [0.2, 0.25) is 0 Å². The van der Waals surface area contributed by atoms with Crippen LogP contribution in [0.4, 0.5) is 0 Å². The fourth-order valence-corrected chi connectivity index (χ4v) is 5.60. The highest BCUT2D eigenvalue weighted by Crippen LogP contribution is 2.35. The molecule has 23 heavy (non-hydrogen) atoms. The molecule has 3 heterocycles. The van der Waals surface area contributed by atoms with Crippen LogP contribution >= 0.6 is 23.1 Å². The van der Waals surface area contributed by atoms with E-state index in [4.69, 9.17) is 9.72 Å². The van der Waals surface area contributed by atoms with Crippen molar-refractivity contribution in [2.45, 2.75) is 24.4 Å². The summed E-state index contributed by atoms with van der Waals surface area (Å²) in [6.07, 6.45) is 3.32. The van der Waals surface area contributed by atoms with Gasteiger partial charge in [-0.05, 0) is 24.8 Å². The Morgan fingerprint density at radius 2 is 2.13 bits per heavy atom. The molecule has 1 saturated heterocycles. The maximum Gasteiger partial charge on any atom is 0.262 e. The lowest BCUT2D eigenvalue weighted by Crippen LogP contribution is -2.37. The van der Waals surface area contributed by atoms with Gasteiger partial charge < -0.3 is 4.74 Å². The number of fused-ring (bicyclic) bond motifs is 3. The number of thiophene rings is 1. The molecule has 2 aromatic heterocycles. The van der Waals surface area contributed by atoms with Crippen molar-refractivity contribution in [2.24, 2.45) is 7.05 Å². The Kier molecular flexibility index (Phi) is 4.45. The summed E-state index contributed by atoms with van der Waals surface area (Å²) in [6.45, 7) is 4.68. The van der Waals surface area contributed by atoms with E-state index in [-0.39, 0.29) is 5.56 Å². The SMILES string of the molecule is Cn1c(SCCN2CCOCC2)nc2sc3c(c2c1=O)CCC3. The zero-order valence-electron chi connectivity index (χ0n) is 13.3. The van der Waals surface area contributed by atoms with Crippen LogP contribution in [0.2, 0.25) is 0 Å². The average molecular weight is 351 g/mol. The Labute approximate surface area is 143 Å². The molecule has 0 amide bonds.